The van der Waals surface area contributed by atoms with Crippen molar-refractivity contribution in [2.24, 2.45) is 10.2 Å². The van der Waals surface area contributed by atoms with E-state index in [-0.39, 0.29) is 0 Å². The molecule has 0 saturated heterocycles. The highest BCUT2D eigenvalue weighted by molar-refractivity contribution is 6.33. The van der Waals surface area contributed by atoms with E-state index in [4.69, 9.17) is 16.0 Å². The number of furan rings is 1. The molecule has 0 radical (unpaired) electrons. The molecule has 1 heterocycles. The Hall–Kier alpha value is -1.87. The van der Waals surface area contributed by atoms with Gasteiger partial charge in [-0.15, -0.1) is 0 Å². The zero-order valence-electron chi connectivity index (χ0n) is 8.38. The molecule has 2 rings (SSSR count). The van der Waals surface area contributed by atoms with Crippen LogP contribution < -0.4 is 0 Å². The van der Waals surface area contributed by atoms with Crippen LogP contribution in [0.15, 0.2) is 57.3 Å². The first-order valence-corrected chi connectivity index (χ1v) is 5.08. The average Bonchev–Trinajstić information content (AvgIpc) is 2.79. The lowest BCUT2D eigenvalue weighted by Gasteiger charge is -1.93. The minimum Gasteiger partial charge on any atom is -0.463 e. The number of rotatable bonds is 3. The van der Waals surface area contributed by atoms with E-state index in [0.717, 1.165) is 5.56 Å². The van der Waals surface area contributed by atoms with Crippen molar-refractivity contribution in [2.45, 2.75) is 0 Å². The van der Waals surface area contributed by atoms with Gasteiger partial charge >= 0.3 is 0 Å². The van der Waals surface area contributed by atoms with Crippen LogP contribution in [0.25, 0.3) is 0 Å². The fourth-order valence-corrected chi connectivity index (χ4v) is 1.31. The molecule has 4 heteroatoms. The Bertz CT molecular complexity index is 503. The second-order valence-corrected chi connectivity index (χ2v) is 3.43. The van der Waals surface area contributed by atoms with Gasteiger partial charge in [0, 0.05) is 10.6 Å². The largest absolute Gasteiger partial charge is 0.463 e. The van der Waals surface area contributed by atoms with E-state index in [9.17, 15) is 0 Å². The van der Waals surface area contributed by atoms with E-state index in [1.54, 1.807) is 30.7 Å². The quantitative estimate of drug-likeness (QED) is 0.591. The minimum absolute atomic E-state index is 0.652. The molecule has 0 amide bonds. The first kappa shape index (κ1) is 10.6. The normalized spacial score (nSPS) is 11.6. The maximum absolute atomic E-state index is 5.94. The first-order valence-electron chi connectivity index (χ1n) is 4.71. The first-order chi connectivity index (χ1) is 7.86. The third-order valence-corrected chi connectivity index (χ3v) is 2.24. The van der Waals surface area contributed by atoms with Crippen LogP contribution in [0.3, 0.4) is 0 Å². The molecule has 0 fully saturated rings. The fourth-order valence-electron chi connectivity index (χ4n) is 1.13. The predicted octanol–water partition coefficient (Wildman–Crippen LogP) is 3.39. The molecule has 3 nitrogen and oxygen atoms in total. The molecule has 80 valence electrons. The van der Waals surface area contributed by atoms with E-state index < -0.39 is 0 Å². The molecular formula is C12H9ClN2O. The summed E-state index contributed by atoms with van der Waals surface area (Å²) >= 11 is 5.94. The Morgan fingerprint density at radius 2 is 1.81 bits per heavy atom. The van der Waals surface area contributed by atoms with Crippen molar-refractivity contribution in [3.63, 3.8) is 0 Å². The second-order valence-electron chi connectivity index (χ2n) is 3.03. The van der Waals surface area contributed by atoms with E-state index >= 15 is 0 Å². The van der Waals surface area contributed by atoms with E-state index in [0.29, 0.717) is 10.8 Å². The van der Waals surface area contributed by atoms with Crippen LogP contribution in [0.2, 0.25) is 5.02 Å². The molecule has 0 aliphatic carbocycles. The van der Waals surface area contributed by atoms with Crippen LogP contribution in [0.5, 0.6) is 0 Å². The van der Waals surface area contributed by atoms with Gasteiger partial charge in [-0.2, -0.15) is 10.2 Å². The Morgan fingerprint density at radius 1 is 1.00 bits per heavy atom. The molecule has 0 saturated carbocycles. The van der Waals surface area contributed by atoms with Gasteiger partial charge in [0.25, 0.3) is 0 Å². The maximum Gasteiger partial charge on any atom is 0.146 e. The Morgan fingerprint density at radius 3 is 2.56 bits per heavy atom. The van der Waals surface area contributed by atoms with Crippen molar-refractivity contribution in [2.75, 3.05) is 0 Å². The fraction of sp³-hybridized carbons (Fsp3) is 0. The zero-order valence-corrected chi connectivity index (χ0v) is 9.13. The third-order valence-electron chi connectivity index (χ3n) is 1.90. The summed E-state index contributed by atoms with van der Waals surface area (Å²) in [6, 6.07) is 11.0. The van der Waals surface area contributed by atoms with Gasteiger partial charge in [0.05, 0.1) is 18.7 Å². The molecule has 16 heavy (non-hydrogen) atoms. The number of halogens is 1. The van der Waals surface area contributed by atoms with Crippen LogP contribution in [0.4, 0.5) is 0 Å². The lowest BCUT2D eigenvalue weighted by atomic mass is 10.2. The van der Waals surface area contributed by atoms with Gasteiger partial charge in [0.2, 0.25) is 0 Å². The third kappa shape index (κ3) is 2.81. The summed E-state index contributed by atoms with van der Waals surface area (Å²) in [5.74, 6) is 0.663. The Kier molecular flexibility index (Phi) is 3.51. The monoisotopic (exact) mass is 232 g/mol. The summed E-state index contributed by atoms with van der Waals surface area (Å²) in [5.41, 5.74) is 0.834. The highest BCUT2D eigenvalue weighted by atomic mass is 35.5. The standard InChI is InChI=1S/C12H9ClN2O/c13-12-6-2-1-4-10(12)8-14-15-9-11-5-3-7-16-11/h1-9H/b14-8+,15-9-. The van der Waals surface area contributed by atoms with Gasteiger partial charge < -0.3 is 4.42 Å². The lowest BCUT2D eigenvalue weighted by molar-refractivity contribution is 0.560. The smallest absolute Gasteiger partial charge is 0.146 e. The molecule has 0 bridgehead atoms. The van der Waals surface area contributed by atoms with Crippen molar-refractivity contribution in [3.05, 3.63) is 59.0 Å². The molecular weight excluding hydrogens is 224 g/mol. The van der Waals surface area contributed by atoms with Gasteiger partial charge in [-0.25, -0.2) is 0 Å². The summed E-state index contributed by atoms with van der Waals surface area (Å²) < 4.78 is 5.06. The van der Waals surface area contributed by atoms with E-state index in [1.807, 2.05) is 18.2 Å². The van der Waals surface area contributed by atoms with Crippen LogP contribution in [-0.4, -0.2) is 12.4 Å². The summed E-state index contributed by atoms with van der Waals surface area (Å²) in [6.45, 7) is 0. The van der Waals surface area contributed by atoms with E-state index in [1.165, 1.54) is 6.21 Å². The average molecular weight is 233 g/mol. The SMILES string of the molecule is Clc1ccccc1/C=N/N=C\c1ccco1. The van der Waals surface area contributed by atoms with Crippen LogP contribution in [-0.2, 0) is 0 Å². The van der Waals surface area contributed by atoms with Crippen molar-refractivity contribution in [1.29, 1.82) is 0 Å². The molecule has 1 aromatic heterocycles. The van der Waals surface area contributed by atoms with Crippen molar-refractivity contribution < 1.29 is 4.42 Å². The zero-order chi connectivity index (χ0) is 11.2. The molecule has 0 N–H and O–H groups in total. The molecule has 0 spiro atoms. The summed E-state index contributed by atoms with van der Waals surface area (Å²) in [4.78, 5) is 0. The number of nitrogens with zero attached hydrogens (tertiary/aromatic N) is 2. The van der Waals surface area contributed by atoms with Crippen LogP contribution in [0.1, 0.15) is 11.3 Å². The Labute approximate surface area is 98.1 Å². The summed E-state index contributed by atoms with van der Waals surface area (Å²) in [5, 5.41) is 8.37. The molecule has 0 atom stereocenters. The van der Waals surface area contributed by atoms with Crippen molar-refractivity contribution in [1.82, 2.24) is 0 Å². The molecule has 0 aliphatic rings. The minimum atomic E-state index is 0.652. The summed E-state index contributed by atoms with van der Waals surface area (Å²) in [6.07, 6.45) is 4.72. The van der Waals surface area contributed by atoms with Gasteiger partial charge in [-0.1, -0.05) is 29.8 Å². The molecule has 0 unspecified atom stereocenters. The number of hydrogen-bond acceptors (Lipinski definition) is 3. The molecule has 2 aromatic rings. The van der Waals surface area contributed by atoms with Gasteiger partial charge in [-0.3, -0.25) is 0 Å². The second kappa shape index (κ2) is 5.28. The number of hydrogen-bond donors (Lipinski definition) is 0. The maximum atomic E-state index is 5.94. The van der Waals surface area contributed by atoms with Crippen molar-refractivity contribution in [3.8, 4) is 0 Å². The van der Waals surface area contributed by atoms with Crippen LogP contribution in [0, 0.1) is 0 Å². The lowest BCUT2D eigenvalue weighted by Crippen LogP contribution is -1.81. The van der Waals surface area contributed by atoms with Gasteiger partial charge in [0.15, 0.2) is 0 Å². The molecule has 0 aliphatic heterocycles. The highest BCUT2D eigenvalue weighted by Gasteiger charge is 1.93. The van der Waals surface area contributed by atoms with Crippen LogP contribution >= 0.6 is 11.6 Å². The Balaban J connectivity index is 2.03. The van der Waals surface area contributed by atoms with Gasteiger partial charge in [-0.05, 0) is 18.2 Å². The number of benzene rings is 1. The van der Waals surface area contributed by atoms with Gasteiger partial charge in [0.1, 0.15) is 5.76 Å². The van der Waals surface area contributed by atoms with Crippen molar-refractivity contribution >= 4 is 24.0 Å². The van der Waals surface area contributed by atoms with E-state index in [2.05, 4.69) is 10.2 Å². The predicted molar refractivity (Wildman–Crippen MR) is 65.3 cm³/mol. The topological polar surface area (TPSA) is 37.9 Å². The summed E-state index contributed by atoms with van der Waals surface area (Å²) in [7, 11) is 0. The highest BCUT2D eigenvalue weighted by Crippen LogP contribution is 2.12. The molecule has 1 aromatic carbocycles.